The molecular weight excluding hydrogens is 354 g/mol. The molecule has 0 aliphatic carbocycles. The second kappa shape index (κ2) is 8.68. The Labute approximate surface area is 154 Å². The van der Waals surface area contributed by atoms with E-state index in [2.05, 4.69) is 10.0 Å². The minimum Gasteiger partial charge on any atom is -0.497 e. The molecule has 0 atom stereocenters. The summed E-state index contributed by atoms with van der Waals surface area (Å²) in [6.45, 7) is 1.24. The molecule has 0 radical (unpaired) electrons. The molecule has 0 saturated heterocycles. The second-order valence-corrected chi connectivity index (χ2v) is 7.60. The van der Waals surface area contributed by atoms with E-state index in [1.54, 1.807) is 24.3 Å². The van der Waals surface area contributed by atoms with Gasteiger partial charge in [-0.1, -0.05) is 0 Å². The molecule has 140 valence electrons. The summed E-state index contributed by atoms with van der Waals surface area (Å²) in [6.07, 6.45) is 0. The largest absolute Gasteiger partial charge is 0.497 e. The maximum Gasteiger partial charge on any atom is 0.261 e. The van der Waals surface area contributed by atoms with Crippen molar-refractivity contribution in [1.82, 2.24) is 10.2 Å². The van der Waals surface area contributed by atoms with Crippen molar-refractivity contribution in [3.63, 3.8) is 0 Å². The molecule has 0 heterocycles. The lowest BCUT2D eigenvalue weighted by molar-refractivity contribution is 0.0951. The topological polar surface area (TPSA) is 87.7 Å². The highest BCUT2D eigenvalue weighted by atomic mass is 32.2. The summed E-state index contributed by atoms with van der Waals surface area (Å²) in [5.74, 6) is 0.400. The van der Waals surface area contributed by atoms with Crippen LogP contribution in [-0.2, 0) is 10.0 Å². The molecule has 7 nitrogen and oxygen atoms in total. The highest BCUT2D eigenvalue weighted by Crippen LogP contribution is 2.19. The first-order chi connectivity index (χ1) is 12.3. The van der Waals surface area contributed by atoms with Gasteiger partial charge in [-0.05, 0) is 62.6 Å². The van der Waals surface area contributed by atoms with Crippen LogP contribution < -0.4 is 14.8 Å². The Hall–Kier alpha value is -2.58. The number of nitrogens with one attached hydrogen (secondary N) is 2. The Balaban J connectivity index is 2.04. The van der Waals surface area contributed by atoms with E-state index >= 15 is 0 Å². The van der Waals surface area contributed by atoms with E-state index in [9.17, 15) is 13.2 Å². The zero-order valence-electron chi connectivity index (χ0n) is 15.0. The maximum absolute atomic E-state index is 12.4. The van der Waals surface area contributed by atoms with Gasteiger partial charge in [0.2, 0.25) is 0 Å². The first kappa shape index (κ1) is 19.7. The second-order valence-electron chi connectivity index (χ2n) is 5.92. The number of hydrogen-bond acceptors (Lipinski definition) is 5. The normalized spacial score (nSPS) is 11.2. The van der Waals surface area contributed by atoms with Gasteiger partial charge < -0.3 is 15.0 Å². The SMILES string of the molecule is COc1ccc(NS(=O)(=O)c2ccc(C(=O)NCCN(C)C)cc2)cc1. The number of anilines is 1. The molecule has 0 unspecified atom stereocenters. The lowest BCUT2D eigenvalue weighted by atomic mass is 10.2. The van der Waals surface area contributed by atoms with Crippen molar-refractivity contribution in [2.45, 2.75) is 4.90 Å². The predicted octanol–water partition coefficient (Wildman–Crippen LogP) is 1.79. The molecule has 0 bridgehead atoms. The van der Waals surface area contributed by atoms with E-state index in [-0.39, 0.29) is 10.8 Å². The number of sulfonamides is 1. The van der Waals surface area contributed by atoms with Crippen LogP contribution in [0.15, 0.2) is 53.4 Å². The van der Waals surface area contributed by atoms with Gasteiger partial charge in [-0.2, -0.15) is 0 Å². The number of carbonyl (C=O) groups excluding carboxylic acids is 1. The Bertz CT molecular complexity index is 832. The van der Waals surface area contributed by atoms with Gasteiger partial charge >= 0.3 is 0 Å². The van der Waals surface area contributed by atoms with Gasteiger partial charge in [0.1, 0.15) is 5.75 Å². The number of amides is 1. The van der Waals surface area contributed by atoms with Crippen LogP contribution in [0, 0.1) is 0 Å². The van der Waals surface area contributed by atoms with Crippen LogP contribution in [0.4, 0.5) is 5.69 Å². The minimum atomic E-state index is -3.73. The third kappa shape index (κ3) is 5.47. The number of methoxy groups -OCH3 is 1. The third-order valence-corrected chi connectivity index (χ3v) is 5.01. The van der Waals surface area contributed by atoms with E-state index in [4.69, 9.17) is 4.74 Å². The molecule has 2 aromatic carbocycles. The summed E-state index contributed by atoms with van der Waals surface area (Å²) in [5, 5.41) is 2.78. The van der Waals surface area contributed by atoms with Crippen LogP contribution in [0.25, 0.3) is 0 Å². The zero-order chi connectivity index (χ0) is 19.2. The fourth-order valence-corrected chi connectivity index (χ4v) is 3.21. The summed E-state index contributed by atoms with van der Waals surface area (Å²) in [5.41, 5.74) is 0.837. The summed E-state index contributed by atoms with van der Waals surface area (Å²) in [4.78, 5) is 14.1. The van der Waals surface area contributed by atoms with E-state index in [0.717, 1.165) is 6.54 Å². The Morgan fingerprint density at radius 2 is 1.65 bits per heavy atom. The van der Waals surface area contributed by atoms with Crippen molar-refractivity contribution >= 4 is 21.6 Å². The van der Waals surface area contributed by atoms with E-state index in [1.165, 1.54) is 31.4 Å². The quantitative estimate of drug-likeness (QED) is 0.732. The highest BCUT2D eigenvalue weighted by Gasteiger charge is 2.15. The molecule has 0 fully saturated rings. The van der Waals surface area contributed by atoms with Crippen LogP contribution in [0.2, 0.25) is 0 Å². The fraction of sp³-hybridized carbons (Fsp3) is 0.278. The Kier molecular flexibility index (Phi) is 6.59. The number of nitrogens with zero attached hydrogens (tertiary/aromatic N) is 1. The van der Waals surface area contributed by atoms with Crippen molar-refractivity contribution in [2.75, 3.05) is 39.0 Å². The maximum atomic E-state index is 12.4. The van der Waals surface area contributed by atoms with Gasteiger partial charge in [0.25, 0.3) is 15.9 Å². The molecule has 2 aromatic rings. The number of hydrogen-bond donors (Lipinski definition) is 2. The number of ether oxygens (including phenoxy) is 1. The summed E-state index contributed by atoms with van der Waals surface area (Å²) in [6, 6.07) is 12.4. The van der Waals surface area contributed by atoms with Crippen LogP contribution in [0.5, 0.6) is 5.75 Å². The van der Waals surface area contributed by atoms with E-state index < -0.39 is 10.0 Å². The number of rotatable bonds is 8. The monoisotopic (exact) mass is 377 g/mol. The molecule has 0 spiro atoms. The molecule has 8 heteroatoms. The van der Waals surface area contributed by atoms with Gasteiger partial charge in [-0.3, -0.25) is 9.52 Å². The van der Waals surface area contributed by atoms with Crippen LogP contribution in [0.3, 0.4) is 0 Å². The average Bonchev–Trinajstić information content (AvgIpc) is 2.62. The lowest BCUT2D eigenvalue weighted by Gasteiger charge is -2.11. The molecule has 0 saturated carbocycles. The first-order valence-corrected chi connectivity index (χ1v) is 9.50. The molecule has 2 rings (SSSR count). The Morgan fingerprint density at radius 3 is 2.19 bits per heavy atom. The number of likely N-dealkylation sites (N-methyl/N-ethyl adjacent to an activating group) is 1. The molecule has 26 heavy (non-hydrogen) atoms. The first-order valence-electron chi connectivity index (χ1n) is 8.02. The molecule has 0 aliphatic rings. The molecule has 1 amide bonds. The van der Waals surface area contributed by atoms with Gasteiger partial charge in [0, 0.05) is 24.3 Å². The third-order valence-electron chi connectivity index (χ3n) is 3.61. The summed E-state index contributed by atoms with van der Waals surface area (Å²) < 4.78 is 32.4. The predicted molar refractivity (Wildman–Crippen MR) is 101 cm³/mol. The van der Waals surface area contributed by atoms with Gasteiger partial charge in [0.05, 0.1) is 12.0 Å². The van der Waals surface area contributed by atoms with Crippen molar-refractivity contribution in [2.24, 2.45) is 0 Å². The standard InChI is InChI=1S/C18H23N3O4S/c1-21(2)13-12-19-18(22)14-4-10-17(11-5-14)26(23,24)20-15-6-8-16(25-3)9-7-15/h4-11,20H,12-13H2,1-3H3,(H,19,22). The molecule has 0 aliphatic heterocycles. The summed E-state index contributed by atoms with van der Waals surface area (Å²) >= 11 is 0. The van der Waals surface area contributed by atoms with Crippen molar-refractivity contribution < 1.29 is 17.9 Å². The minimum absolute atomic E-state index is 0.0816. The van der Waals surface area contributed by atoms with Crippen molar-refractivity contribution in [1.29, 1.82) is 0 Å². The van der Waals surface area contributed by atoms with Crippen LogP contribution >= 0.6 is 0 Å². The molecule has 0 aromatic heterocycles. The van der Waals surface area contributed by atoms with Gasteiger partial charge in [-0.15, -0.1) is 0 Å². The molecule has 2 N–H and O–H groups in total. The van der Waals surface area contributed by atoms with Crippen molar-refractivity contribution in [3.05, 3.63) is 54.1 Å². The van der Waals surface area contributed by atoms with Crippen LogP contribution in [0.1, 0.15) is 10.4 Å². The zero-order valence-corrected chi connectivity index (χ0v) is 15.8. The van der Waals surface area contributed by atoms with Crippen LogP contribution in [-0.4, -0.2) is 53.5 Å². The smallest absolute Gasteiger partial charge is 0.261 e. The van der Waals surface area contributed by atoms with Gasteiger partial charge in [0.15, 0.2) is 0 Å². The fourth-order valence-electron chi connectivity index (χ4n) is 2.15. The lowest BCUT2D eigenvalue weighted by Crippen LogP contribution is -2.31. The van der Waals surface area contributed by atoms with Gasteiger partial charge in [-0.25, -0.2) is 8.42 Å². The molecular formula is C18H23N3O4S. The highest BCUT2D eigenvalue weighted by molar-refractivity contribution is 7.92. The Morgan fingerprint density at radius 1 is 1.04 bits per heavy atom. The summed E-state index contributed by atoms with van der Waals surface area (Å²) in [7, 11) is 1.64. The average molecular weight is 377 g/mol. The van der Waals surface area contributed by atoms with E-state index in [0.29, 0.717) is 23.5 Å². The van der Waals surface area contributed by atoms with Crippen molar-refractivity contribution in [3.8, 4) is 5.75 Å². The number of benzene rings is 2. The number of carbonyl (C=O) groups is 1. The van der Waals surface area contributed by atoms with E-state index in [1.807, 2.05) is 19.0 Å².